The third-order valence-corrected chi connectivity index (χ3v) is 3.46. The van der Waals surface area contributed by atoms with Gasteiger partial charge in [0.15, 0.2) is 0 Å². The van der Waals surface area contributed by atoms with E-state index >= 15 is 0 Å². The van der Waals surface area contributed by atoms with E-state index in [1.54, 1.807) is 19.9 Å². The number of para-hydroxylation sites is 2. The Bertz CT molecular complexity index is 698. The maximum Gasteiger partial charge on any atom is 0.292 e. The number of carbonyl (C=O) groups is 1. The summed E-state index contributed by atoms with van der Waals surface area (Å²) in [4.78, 5) is 22.6. The molecule has 110 valence electrons. The predicted molar refractivity (Wildman–Crippen MR) is 78.4 cm³/mol. The van der Waals surface area contributed by atoms with Gasteiger partial charge in [0.2, 0.25) is 5.91 Å². The summed E-state index contributed by atoms with van der Waals surface area (Å²) in [5.41, 5.74) is 0.644. The monoisotopic (exact) mass is 308 g/mol. The average molecular weight is 309 g/mol. The molecule has 1 unspecified atom stereocenters. The lowest BCUT2D eigenvalue weighted by atomic mass is 10.2. The lowest BCUT2D eigenvalue weighted by Crippen LogP contribution is -2.25. The number of benzene rings is 1. The van der Waals surface area contributed by atoms with Gasteiger partial charge < -0.3 is 5.32 Å². The van der Waals surface area contributed by atoms with E-state index < -0.39 is 16.9 Å². The number of hydrogen-bond acceptors (Lipinski definition) is 4. The third-order valence-electron chi connectivity index (χ3n) is 3.09. The van der Waals surface area contributed by atoms with Crippen molar-refractivity contribution < 1.29 is 9.72 Å². The SMILES string of the molecule is Cc1c(Cl)cnn1C(C)C(=O)Nc1ccccc1[N+](=O)[O-]. The molecule has 2 rings (SSSR count). The molecule has 1 atom stereocenters. The summed E-state index contributed by atoms with van der Waals surface area (Å²) in [6.07, 6.45) is 1.45. The summed E-state index contributed by atoms with van der Waals surface area (Å²) in [6, 6.07) is 5.32. The molecule has 0 fully saturated rings. The second kappa shape index (κ2) is 5.92. The minimum atomic E-state index is -0.641. The van der Waals surface area contributed by atoms with Crippen molar-refractivity contribution in [1.82, 2.24) is 9.78 Å². The van der Waals surface area contributed by atoms with E-state index in [0.29, 0.717) is 10.7 Å². The lowest BCUT2D eigenvalue weighted by Gasteiger charge is -2.14. The molecule has 21 heavy (non-hydrogen) atoms. The summed E-state index contributed by atoms with van der Waals surface area (Å²) in [5, 5.41) is 17.9. The van der Waals surface area contributed by atoms with E-state index in [2.05, 4.69) is 10.4 Å². The van der Waals surface area contributed by atoms with Crippen LogP contribution in [0, 0.1) is 17.0 Å². The topological polar surface area (TPSA) is 90.1 Å². The van der Waals surface area contributed by atoms with E-state index in [-0.39, 0.29) is 11.4 Å². The van der Waals surface area contributed by atoms with Crippen LogP contribution in [0.5, 0.6) is 0 Å². The quantitative estimate of drug-likeness (QED) is 0.694. The molecule has 1 heterocycles. The zero-order valence-electron chi connectivity index (χ0n) is 11.4. The molecule has 1 amide bonds. The lowest BCUT2D eigenvalue weighted by molar-refractivity contribution is -0.383. The molecule has 2 aromatic rings. The van der Waals surface area contributed by atoms with Crippen molar-refractivity contribution >= 4 is 28.9 Å². The van der Waals surface area contributed by atoms with Crippen molar-refractivity contribution in [2.24, 2.45) is 0 Å². The molecule has 8 heteroatoms. The first-order valence-electron chi connectivity index (χ1n) is 6.15. The number of nitro benzene ring substituents is 1. The maximum absolute atomic E-state index is 12.2. The Morgan fingerprint density at radius 1 is 1.48 bits per heavy atom. The number of nitrogens with one attached hydrogen (secondary N) is 1. The van der Waals surface area contributed by atoms with Crippen molar-refractivity contribution in [3.63, 3.8) is 0 Å². The highest BCUT2D eigenvalue weighted by Crippen LogP contribution is 2.25. The molecule has 0 radical (unpaired) electrons. The molecule has 0 aliphatic rings. The largest absolute Gasteiger partial charge is 0.319 e. The second-order valence-electron chi connectivity index (χ2n) is 4.46. The highest BCUT2D eigenvalue weighted by molar-refractivity contribution is 6.31. The Labute approximate surface area is 125 Å². The Morgan fingerprint density at radius 2 is 2.14 bits per heavy atom. The van der Waals surface area contributed by atoms with Gasteiger partial charge in [0.1, 0.15) is 11.7 Å². The van der Waals surface area contributed by atoms with Crippen LogP contribution >= 0.6 is 11.6 Å². The van der Waals surface area contributed by atoms with Gasteiger partial charge in [-0.15, -0.1) is 0 Å². The molecule has 0 bridgehead atoms. The standard InChI is InChI=1S/C13H13ClN4O3/c1-8-10(14)7-15-17(8)9(2)13(19)16-11-5-3-4-6-12(11)18(20)21/h3-7,9H,1-2H3,(H,16,19). The maximum atomic E-state index is 12.2. The molecule has 0 spiro atoms. The molecule has 7 nitrogen and oxygen atoms in total. The highest BCUT2D eigenvalue weighted by atomic mass is 35.5. The van der Waals surface area contributed by atoms with Crippen molar-refractivity contribution in [2.75, 3.05) is 5.32 Å². The van der Waals surface area contributed by atoms with Crippen LogP contribution in [0.1, 0.15) is 18.7 Å². The van der Waals surface area contributed by atoms with Gasteiger partial charge in [0, 0.05) is 6.07 Å². The number of hydrogen-bond donors (Lipinski definition) is 1. The van der Waals surface area contributed by atoms with Crippen LogP contribution in [-0.2, 0) is 4.79 Å². The first kappa shape index (κ1) is 15.0. The van der Waals surface area contributed by atoms with Gasteiger partial charge in [0.05, 0.1) is 21.8 Å². The molecule has 1 aromatic carbocycles. The molecular weight excluding hydrogens is 296 g/mol. The molecule has 0 aliphatic heterocycles. The Kier molecular flexibility index (Phi) is 4.23. The van der Waals surface area contributed by atoms with Crippen LogP contribution < -0.4 is 5.32 Å². The van der Waals surface area contributed by atoms with Crippen molar-refractivity contribution in [3.8, 4) is 0 Å². The minimum absolute atomic E-state index is 0.148. The van der Waals surface area contributed by atoms with Crippen LogP contribution in [0.25, 0.3) is 0 Å². The molecule has 1 aromatic heterocycles. The van der Waals surface area contributed by atoms with Gasteiger partial charge in [-0.2, -0.15) is 5.10 Å². The average Bonchev–Trinajstić information content (AvgIpc) is 2.78. The van der Waals surface area contributed by atoms with Crippen LogP contribution in [0.15, 0.2) is 30.5 Å². The van der Waals surface area contributed by atoms with Crippen molar-refractivity contribution in [2.45, 2.75) is 19.9 Å². The van der Waals surface area contributed by atoms with Gasteiger partial charge in [0.25, 0.3) is 5.69 Å². The molecule has 0 aliphatic carbocycles. The number of carbonyl (C=O) groups excluding carboxylic acids is 1. The van der Waals surface area contributed by atoms with Gasteiger partial charge >= 0.3 is 0 Å². The molecule has 0 saturated carbocycles. The van der Waals surface area contributed by atoms with Crippen molar-refractivity contribution in [3.05, 3.63) is 51.3 Å². The zero-order chi connectivity index (χ0) is 15.6. The summed E-state index contributed by atoms with van der Waals surface area (Å²) in [6.45, 7) is 3.38. The first-order valence-corrected chi connectivity index (χ1v) is 6.53. The zero-order valence-corrected chi connectivity index (χ0v) is 12.2. The van der Waals surface area contributed by atoms with Crippen LogP contribution in [-0.4, -0.2) is 20.6 Å². The summed E-state index contributed by atoms with van der Waals surface area (Å²) < 4.78 is 1.46. The summed E-state index contributed by atoms with van der Waals surface area (Å²) >= 11 is 5.90. The Hall–Kier alpha value is -2.41. The van der Waals surface area contributed by atoms with Gasteiger partial charge in [-0.05, 0) is 19.9 Å². The smallest absolute Gasteiger partial charge is 0.292 e. The fourth-order valence-corrected chi connectivity index (χ4v) is 2.01. The molecular formula is C13H13ClN4O3. The number of rotatable bonds is 4. The number of halogens is 1. The van der Waals surface area contributed by atoms with E-state index in [1.165, 1.54) is 29.1 Å². The normalized spacial score (nSPS) is 12.0. The van der Waals surface area contributed by atoms with Crippen LogP contribution in [0.4, 0.5) is 11.4 Å². The summed E-state index contributed by atoms with van der Waals surface area (Å²) in [5.74, 6) is -0.410. The van der Waals surface area contributed by atoms with Gasteiger partial charge in [-0.25, -0.2) is 0 Å². The van der Waals surface area contributed by atoms with Crippen molar-refractivity contribution in [1.29, 1.82) is 0 Å². The number of aromatic nitrogens is 2. The van der Waals surface area contributed by atoms with Crippen LogP contribution in [0.3, 0.4) is 0 Å². The number of nitrogens with zero attached hydrogens (tertiary/aromatic N) is 3. The van der Waals surface area contributed by atoms with E-state index in [4.69, 9.17) is 11.6 Å². The van der Waals surface area contributed by atoms with E-state index in [9.17, 15) is 14.9 Å². The second-order valence-corrected chi connectivity index (χ2v) is 4.87. The predicted octanol–water partition coefficient (Wildman–Crippen LogP) is 2.95. The number of amides is 1. The highest BCUT2D eigenvalue weighted by Gasteiger charge is 2.21. The van der Waals surface area contributed by atoms with E-state index in [1.807, 2.05) is 0 Å². The molecule has 1 N–H and O–H groups in total. The first-order chi connectivity index (χ1) is 9.91. The number of anilines is 1. The summed E-state index contributed by atoms with van der Waals surface area (Å²) in [7, 11) is 0. The van der Waals surface area contributed by atoms with Crippen LogP contribution in [0.2, 0.25) is 5.02 Å². The number of nitro groups is 1. The fourth-order valence-electron chi connectivity index (χ4n) is 1.88. The van der Waals surface area contributed by atoms with Gasteiger partial charge in [-0.3, -0.25) is 19.6 Å². The molecule has 0 saturated heterocycles. The third kappa shape index (κ3) is 3.03. The Morgan fingerprint density at radius 3 is 2.71 bits per heavy atom. The Balaban J connectivity index is 2.22. The van der Waals surface area contributed by atoms with E-state index in [0.717, 1.165) is 0 Å². The minimum Gasteiger partial charge on any atom is -0.319 e. The fraction of sp³-hybridized carbons (Fsp3) is 0.231. The van der Waals surface area contributed by atoms with Gasteiger partial charge in [-0.1, -0.05) is 23.7 Å².